The summed E-state index contributed by atoms with van der Waals surface area (Å²) in [6.45, 7) is 3.69. The van der Waals surface area contributed by atoms with Gasteiger partial charge in [-0.2, -0.15) is 0 Å². The lowest BCUT2D eigenvalue weighted by molar-refractivity contribution is -0.124. The number of para-hydroxylation sites is 1. The number of carbonyl (C=O) groups is 2. The summed E-state index contributed by atoms with van der Waals surface area (Å²) < 4.78 is 10.5. The van der Waals surface area contributed by atoms with Crippen LogP contribution in [0.25, 0.3) is 0 Å². The van der Waals surface area contributed by atoms with Crippen LogP contribution in [0.3, 0.4) is 0 Å². The minimum Gasteiger partial charge on any atom is -0.493 e. The Morgan fingerprint density at radius 1 is 1.12 bits per heavy atom. The summed E-state index contributed by atoms with van der Waals surface area (Å²) in [4.78, 5) is 24.2. The first-order valence-corrected chi connectivity index (χ1v) is 8.33. The number of benzene rings is 2. The molecule has 1 atom stereocenters. The van der Waals surface area contributed by atoms with E-state index < -0.39 is 11.9 Å². The van der Waals surface area contributed by atoms with Crippen LogP contribution in [-0.2, 0) is 9.53 Å². The second-order valence-electron chi connectivity index (χ2n) is 5.32. The van der Waals surface area contributed by atoms with E-state index in [0.29, 0.717) is 17.4 Å². The standard InChI is InChI=1S/C19H20ClNO4/c1-3-24-17-11-7-5-9-15(17)19(23)25-12-18(22)21-13(2)14-8-4-6-10-16(14)20/h4-11,13H,3,12H2,1-2H3,(H,21,22)/t13-/m1/s1. The predicted octanol–water partition coefficient (Wildman–Crippen LogP) is 3.77. The monoisotopic (exact) mass is 361 g/mol. The van der Waals surface area contributed by atoms with Gasteiger partial charge in [0.05, 0.1) is 12.6 Å². The van der Waals surface area contributed by atoms with Crippen molar-refractivity contribution in [2.45, 2.75) is 19.9 Å². The van der Waals surface area contributed by atoms with Gasteiger partial charge in [0.15, 0.2) is 6.61 Å². The molecule has 6 heteroatoms. The Kier molecular flexibility index (Phi) is 6.83. The van der Waals surface area contributed by atoms with Crippen LogP contribution >= 0.6 is 11.6 Å². The smallest absolute Gasteiger partial charge is 0.342 e. The van der Waals surface area contributed by atoms with Gasteiger partial charge in [-0.15, -0.1) is 0 Å². The Labute approximate surface area is 151 Å². The number of ether oxygens (including phenoxy) is 2. The minimum atomic E-state index is -0.607. The molecule has 0 bridgehead atoms. The normalized spacial score (nSPS) is 11.5. The minimum absolute atomic E-state index is 0.288. The van der Waals surface area contributed by atoms with E-state index in [0.717, 1.165) is 5.56 Å². The van der Waals surface area contributed by atoms with Gasteiger partial charge in [0, 0.05) is 5.02 Å². The maximum absolute atomic E-state index is 12.2. The van der Waals surface area contributed by atoms with Crippen molar-refractivity contribution in [3.05, 3.63) is 64.7 Å². The third kappa shape index (κ3) is 5.22. The van der Waals surface area contributed by atoms with Gasteiger partial charge in [0.25, 0.3) is 5.91 Å². The van der Waals surface area contributed by atoms with Crippen molar-refractivity contribution in [2.24, 2.45) is 0 Å². The van der Waals surface area contributed by atoms with E-state index in [1.54, 1.807) is 30.3 Å². The van der Waals surface area contributed by atoms with Crippen LogP contribution in [0.5, 0.6) is 5.75 Å². The van der Waals surface area contributed by atoms with Gasteiger partial charge in [-0.1, -0.05) is 41.9 Å². The maximum atomic E-state index is 12.2. The summed E-state index contributed by atoms with van der Waals surface area (Å²) in [6.07, 6.45) is 0. The molecule has 0 heterocycles. The van der Waals surface area contributed by atoms with Crippen LogP contribution in [0.4, 0.5) is 0 Å². The highest BCUT2D eigenvalue weighted by atomic mass is 35.5. The second kappa shape index (κ2) is 9.08. The summed E-state index contributed by atoms with van der Waals surface area (Å²) in [5.41, 5.74) is 1.09. The summed E-state index contributed by atoms with van der Waals surface area (Å²) in [5, 5.41) is 3.32. The summed E-state index contributed by atoms with van der Waals surface area (Å²) in [5.74, 6) is -0.584. The Bertz CT molecular complexity index is 748. The third-order valence-corrected chi connectivity index (χ3v) is 3.83. The highest BCUT2D eigenvalue weighted by Crippen LogP contribution is 2.22. The number of hydrogen-bond donors (Lipinski definition) is 1. The van der Waals surface area contributed by atoms with Crippen molar-refractivity contribution < 1.29 is 19.1 Å². The van der Waals surface area contributed by atoms with E-state index in [1.165, 1.54) is 0 Å². The highest BCUT2D eigenvalue weighted by molar-refractivity contribution is 6.31. The molecule has 2 aromatic carbocycles. The number of amides is 1. The molecule has 132 valence electrons. The van der Waals surface area contributed by atoms with E-state index >= 15 is 0 Å². The zero-order valence-corrected chi connectivity index (χ0v) is 14.9. The summed E-state index contributed by atoms with van der Waals surface area (Å²) >= 11 is 6.11. The second-order valence-corrected chi connectivity index (χ2v) is 5.72. The molecule has 0 aromatic heterocycles. The van der Waals surface area contributed by atoms with Crippen LogP contribution < -0.4 is 10.1 Å². The largest absolute Gasteiger partial charge is 0.493 e. The number of carbonyl (C=O) groups excluding carboxylic acids is 2. The maximum Gasteiger partial charge on any atom is 0.342 e. The van der Waals surface area contributed by atoms with Gasteiger partial charge in [0.2, 0.25) is 0 Å². The molecule has 0 unspecified atom stereocenters. The first-order chi connectivity index (χ1) is 12.0. The number of esters is 1. The van der Waals surface area contributed by atoms with E-state index in [9.17, 15) is 9.59 Å². The van der Waals surface area contributed by atoms with Crippen molar-refractivity contribution in [3.63, 3.8) is 0 Å². The molecule has 2 aromatic rings. The molecule has 0 aliphatic heterocycles. The zero-order valence-electron chi connectivity index (χ0n) is 14.1. The molecule has 0 radical (unpaired) electrons. The average Bonchev–Trinajstić information content (AvgIpc) is 2.60. The van der Waals surface area contributed by atoms with Crippen LogP contribution in [0.2, 0.25) is 5.02 Å². The number of nitrogens with one attached hydrogen (secondary N) is 1. The van der Waals surface area contributed by atoms with Gasteiger partial charge in [0.1, 0.15) is 11.3 Å². The van der Waals surface area contributed by atoms with Gasteiger partial charge in [-0.05, 0) is 37.6 Å². The number of rotatable bonds is 7. The Hall–Kier alpha value is -2.53. The van der Waals surface area contributed by atoms with Crippen molar-refractivity contribution in [2.75, 3.05) is 13.2 Å². The summed E-state index contributed by atoms with van der Waals surface area (Å²) in [7, 11) is 0. The highest BCUT2D eigenvalue weighted by Gasteiger charge is 2.17. The molecule has 0 spiro atoms. The van der Waals surface area contributed by atoms with E-state index in [2.05, 4.69) is 5.32 Å². The van der Waals surface area contributed by atoms with E-state index in [4.69, 9.17) is 21.1 Å². The fraction of sp³-hybridized carbons (Fsp3) is 0.263. The van der Waals surface area contributed by atoms with E-state index in [-0.39, 0.29) is 18.2 Å². The van der Waals surface area contributed by atoms with E-state index in [1.807, 2.05) is 32.0 Å². The third-order valence-electron chi connectivity index (χ3n) is 3.49. The predicted molar refractivity (Wildman–Crippen MR) is 95.9 cm³/mol. The molecule has 0 aliphatic rings. The lowest BCUT2D eigenvalue weighted by atomic mass is 10.1. The Morgan fingerprint density at radius 2 is 1.80 bits per heavy atom. The molecule has 0 saturated carbocycles. The number of hydrogen-bond acceptors (Lipinski definition) is 4. The van der Waals surface area contributed by atoms with Crippen molar-refractivity contribution in [1.29, 1.82) is 0 Å². The molecule has 0 saturated heterocycles. The van der Waals surface area contributed by atoms with Crippen LogP contribution in [0.15, 0.2) is 48.5 Å². The lowest BCUT2D eigenvalue weighted by Gasteiger charge is -2.16. The van der Waals surface area contributed by atoms with Crippen molar-refractivity contribution in [3.8, 4) is 5.75 Å². The molecular formula is C19H20ClNO4. The fourth-order valence-electron chi connectivity index (χ4n) is 2.31. The van der Waals surface area contributed by atoms with Crippen molar-refractivity contribution >= 4 is 23.5 Å². The van der Waals surface area contributed by atoms with Crippen molar-refractivity contribution in [1.82, 2.24) is 5.32 Å². The molecule has 5 nitrogen and oxygen atoms in total. The number of halogens is 1. The quantitative estimate of drug-likeness (QED) is 0.762. The SMILES string of the molecule is CCOc1ccccc1C(=O)OCC(=O)N[C@H](C)c1ccccc1Cl. The molecule has 1 amide bonds. The van der Waals surface area contributed by atoms with Gasteiger partial charge < -0.3 is 14.8 Å². The fourth-order valence-corrected chi connectivity index (χ4v) is 2.61. The Balaban J connectivity index is 1.92. The molecule has 0 aliphatic carbocycles. The molecule has 2 rings (SSSR count). The van der Waals surface area contributed by atoms with Gasteiger partial charge in [-0.3, -0.25) is 4.79 Å². The van der Waals surface area contributed by atoms with Crippen LogP contribution in [0, 0.1) is 0 Å². The lowest BCUT2D eigenvalue weighted by Crippen LogP contribution is -2.31. The zero-order chi connectivity index (χ0) is 18.2. The average molecular weight is 362 g/mol. The molecule has 0 fully saturated rings. The van der Waals surface area contributed by atoms with Crippen LogP contribution in [-0.4, -0.2) is 25.1 Å². The first kappa shape index (κ1) is 18.8. The Morgan fingerprint density at radius 3 is 2.52 bits per heavy atom. The van der Waals surface area contributed by atoms with Gasteiger partial charge in [-0.25, -0.2) is 4.79 Å². The first-order valence-electron chi connectivity index (χ1n) is 7.95. The molecular weight excluding hydrogens is 342 g/mol. The topological polar surface area (TPSA) is 64.6 Å². The molecule has 1 N–H and O–H groups in total. The summed E-state index contributed by atoms with van der Waals surface area (Å²) in [6, 6.07) is 13.7. The molecule has 25 heavy (non-hydrogen) atoms. The van der Waals surface area contributed by atoms with Crippen LogP contribution in [0.1, 0.15) is 35.8 Å². The van der Waals surface area contributed by atoms with Gasteiger partial charge >= 0.3 is 5.97 Å².